The second kappa shape index (κ2) is 5.33. The van der Waals surface area contributed by atoms with Crippen molar-refractivity contribution in [3.05, 3.63) is 22.4 Å². The maximum atomic E-state index is 3.50. The maximum absolute atomic E-state index is 3.50. The molecule has 1 atom stereocenters. The minimum atomic E-state index is 0.583. The Morgan fingerprint density at radius 2 is 2.33 bits per heavy atom. The second-order valence-corrected chi connectivity index (χ2v) is 3.89. The molecule has 0 aliphatic carbocycles. The lowest BCUT2D eigenvalue weighted by Gasteiger charge is -2.14. The Morgan fingerprint density at radius 1 is 1.50 bits per heavy atom. The van der Waals surface area contributed by atoms with Crippen LogP contribution in [0, 0.1) is 0 Å². The third-order valence-electron chi connectivity index (χ3n) is 1.91. The van der Waals surface area contributed by atoms with Gasteiger partial charge < -0.3 is 5.32 Å². The van der Waals surface area contributed by atoms with E-state index in [2.05, 4.69) is 36.7 Å². The fourth-order valence-electron chi connectivity index (χ4n) is 1.37. The minimum absolute atomic E-state index is 0.583. The number of nitrogens with one attached hydrogen (secondary N) is 1. The maximum Gasteiger partial charge on any atom is 0.0414 e. The van der Waals surface area contributed by atoms with E-state index in [1.54, 1.807) is 0 Å². The third kappa shape index (κ3) is 2.61. The molecule has 1 rings (SSSR count). The molecule has 0 saturated heterocycles. The molecule has 68 valence electrons. The van der Waals surface area contributed by atoms with Gasteiger partial charge in [-0.15, -0.1) is 11.3 Å². The van der Waals surface area contributed by atoms with Gasteiger partial charge in [0.1, 0.15) is 0 Å². The predicted octanol–water partition coefficient (Wildman–Crippen LogP) is 3.20. The smallest absolute Gasteiger partial charge is 0.0414 e. The van der Waals surface area contributed by atoms with Gasteiger partial charge in [-0.25, -0.2) is 0 Å². The fourth-order valence-corrected chi connectivity index (χ4v) is 2.21. The monoisotopic (exact) mass is 183 g/mol. The largest absolute Gasteiger partial charge is 0.310 e. The van der Waals surface area contributed by atoms with Gasteiger partial charge in [0, 0.05) is 10.9 Å². The molecule has 0 fully saturated rings. The molecule has 0 aliphatic heterocycles. The summed E-state index contributed by atoms with van der Waals surface area (Å²) in [5.74, 6) is 0. The molecule has 0 saturated carbocycles. The van der Waals surface area contributed by atoms with E-state index in [9.17, 15) is 0 Å². The van der Waals surface area contributed by atoms with E-state index >= 15 is 0 Å². The van der Waals surface area contributed by atoms with Crippen LogP contribution in [0.4, 0.5) is 0 Å². The molecule has 0 bridgehead atoms. The Hall–Kier alpha value is -0.340. The minimum Gasteiger partial charge on any atom is -0.310 e. The zero-order valence-corrected chi connectivity index (χ0v) is 8.66. The molecule has 0 radical (unpaired) electrons. The summed E-state index contributed by atoms with van der Waals surface area (Å²) in [6, 6.07) is 4.92. The molecule has 2 heteroatoms. The van der Waals surface area contributed by atoms with Crippen LogP contribution >= 0.6 is 11.3 Å². The van der Waals surface area contributed by atoms with Crippen molar-refractivity contribution in [3.8, 4) is 0 Å². The number of hydrogen-bond donors (Lipinski definition) is 1. The van der Waals surface area contributed by atoms with Gasteiger partial charge in [0.15, 0.2) is 0 Å². The molecule has 1 aromatic rings. The first kappa shape index (κ1) is 9.75. The highest BCUT2D eigenvalue weighted by Crippen LogP contribution is 2.22. The van der Waals surface area contributed by atoms with Crippen molar-refractivity contribution < 1.29 is 0 Å². The Morgan fingerprint density at radius 3 is 2.83 bits per heavy atom. The second-order valence-electron chi connectivity index (χ2n) is 2.91. The summed E-state index contributed by atoms with van der Waals surface area (Å²) in [6.07, 6.45) is 2.49. The lowest BCUT2D eigenvalue weighted by atomic mass is 10.1. The standard InChI is InChI=1S/C10H17NS/c1-3-6-9(11-4-2)10-7-5-8-12-10/h5,7-9,11H,3-4,6H2,1-2H3. The molecule has 1 aromatic heterocycles. The van der Waals surface area contributed by atoms with E-state index in [4.69, 9.17) is 0 Å². The first-order valence-corrected chi connectivity index (χ1v) is 5.53. The summed E-state index contributed by atoms with van der Waals surface area (Å²) < 4.78 is 0. The van der Waals surface area contributed by atoms with Crippen LogP contribution in [-0.4, -0.2) is 6.54 Å². The van der Waals surface area contributed by atoms with Crippen molar-refractivity contribution >= 4 is 11.3 Å². The average molecular weight is 183 g/mol. The van der Waals surface area contributed by atoms with Crippen molar-refractivity contribution in [2.45, 2.75) is 32.7 Å². The molecular formula is C10H17NS. The lowest BCUT2D eigenvalue weighted by Crippen LogP contribution is -2.19. The van der Waals surface area contributed by atoms with E-state index in [1.165, 1.54) is 17.7 Å². The summed E-state index contributed by atoms with van der Waals surface area (Å²) >= 11 is 1.85. The molecule has 1 nitrogen and oxygen atoms in total. The third-order valence-corrected chi connectivity index (χ3v) is 2.90. The Labute approximate surface area is 78.8 Å². The van der Waals surface area contributed by atoms with E-state index < -0.39 is 0 Å². The summed E-state index contributed by atoms with van der Waals surface area (Å²) in [7, 11) is 0. The summed E-state index contributed by atoms with van der Waals surface area (Å²) in [5.41, 5.74) is 0. The van der Waals surface area contributed by atoms with Crippen molar-refractivity contribution in [3.63, 3.8) is 0 Å². The van der Waals surface area contributed by atoms with Crippen LogP contribution in [0.5, 0.6) is 0 Å². The van der Waals surface area contributed by atoms with Crippen LogP contribution in [0.15, 0.2) is 17.5 Å². The molecule has 0 aliphatic rings. The predicted molar refractivity (Wildman–Crippen MR) is 55.6 cm³/mol. The zero-order valence-electron chi connectivity index (χ0n) is 7.84. The van der Waals surface area contributed by atoms with Crippen LogP contribution in [0.25, 0.3) is 0 Å². The van der Waals surface area contributed by atoms with Crippen molar-refractivity contribution in [2.75, 3.05) is 6.54 Å². The first-order chi connectivity index (χ1) is 5.88. The normalized spacial score (nSPS) is 13.2. The van der Waals surface area contributed by atoms with Gasteiger partial charge in [-0.3, -0.25) is 0 Å². The van der Waals surface area contributed by atoms with Crippen molar-refractivity contribution in [1.82, 2.24) is 5.32 Å². The van der Waals surface area contributed by atoms with Gasteiger partial charge in [-0.1, -0.05) is 26.3 Å². The molecule has 0 aromatic carbocycles. The Balaban J connectivity index is 2.53. The highest BCUT2D eigenvalue weighted by molar-refractivity contribution is 7.10. The fraction of sp³-hybridized carbons (Fsp3) is 0.600. The average Bonchev–Trinajstić information content (AvgIpc) is 2.56. The SMILES string of the molecule is CCCC(NCC)c1cccs1. The van der Waals surface area contributed by atoms with Crippen LogP contribution in [0.3, 0.4) is 0 Å². The van der Waals surface area contributed by atoms with Gasteiger partial charge in [0.2, 0.25) is 0 Å². The highest BCUT2D eigenvalue weighted by atomic mass is 32.1. The first-order valence-electron chi connectivity index (χ1n) is 4.65. The Bertz CT molecular complexity index is 188. The van der Waals surface area contributed by atoms with E-state index in [0.717, 1.165) is 6.54 Å². The number of thiophene rings is 1. The lowest BCUT2D eigenvalue weighted by molar-refractivity contribution is 0.516. The van der Waals surface area contributed by atoms with E-state index in [-0.39, 0.29) is 0 Å². The van der Waals surface area contributed by atoms with Gasteiger partial charge in [-0.05, 0) is 24.4 Å². The molecule has 12 heavy (non-hydrogen) atoms. The molecule has 0 amide bonds. The Kier molecular flexibility index (Phi) is 4.33. The topological polar surface area (TPSA) is 12.0 Å². The van der Waals surface area contributed by atoms with Crippen LogP contribution in [0.1, 0.15) is 37.6 Å². The zero-order chi connectivity index (χ0) is 8.81. The number of rotatable bonds is 5. The number of hydrogen-bond acceptors (Lipinski definition) is 2. The van der Waals surface area contributed by atoms with E-state index in [0.29, 0.717) is 6.04 Å². The van der Waals surface area contributed by atoms with E-state index in [1.807, 2.05) is 11.3 Å². The van der Waals surface area contributed by atoms with Crippen molar-refractivity contribution in [2.24, 2.45) is 0 Å². The molecule has 1 heterocycles. The van der Waals surface area contributed by atoms with Crippen LogP contribution in [-0.2, 0) is 0 Å². The quantitative estimate of drug-likeness (QED) is 0.739. The van der Waals surface area contributed by atoms with Gasteiger partial charge >= 0.3 is 0 Å². The van der Waals surface area contributed by atoms with Gasteiger partial charge in [0.05, 0.1) is 0 Å². The summed E-state index contributed by atoms with van der Waals surface area (Å²) in [4.78, 5) is 1.47. The molecule has 0 spiro atoms. The van der Waals surface area contributed by atoms with Crippen molar-refractivity contribution in [1.29, 1.82) is 0 Å². The molecule has 1 unspecified atom stereocenters. The van der Waals surface area contributed by atoms with Gasteiger partial charge in [-0.2, -0.15) is 0 Å². The molecule has 1 N–H and O–H groups in total. The van der Waals surface area contributed by atoms with Crippen LogP contribution < -0.4 is 5.32 Å². The molecular weight excluding hydrogens is 166 g/mol. The highest BCUT2D eigenvalue weighted by Gasteiger charge is 2.08. The summed E-state index contributed by atoms with van der Waals surface area (Å²) in [6.45, 7) is 5.46. The van der Waals surface area contributed by atoms with Crippen LogP contribution in [0.2, 0.25) is 0 Å². The summed E-state index contributed by atoms with van der Waals surface area (Å²) in [5, 5.41) is 5.64. The van der Waals surface area contributed by atoms with Gasteiger partial charge in [0.25, 0.3) is 0 Å².